The molecule has 9 heteroatoms. The number of ether oxygens (including phenoxy) is 1. The molecule has 6 rings (SSSR count). The summed E-state index contributed by atoms with van der Waals surface area (Å²) in [4.78, 5) is 33.3. The van der Waals surface area contributed by atoms with Crippen LogP contribution in [0.4, 0.5) is 10.1 Å². The molecular formula is C29H25FN4O4. The quantitative estimate of drug-likeness (QED) is 0.296. The number of oxazole rings is 1. The minimum atomic E-state index is -0.424. The molecule has 1 saturated carbocycles. The van der Waals surface area contributed by atoms with Gasteiger partial charge < -0.3 is 14.1 Å². The Balaban J connectivity index is 1.44. The number of benzene rings is 3. The molecule has 1 aliphatic rings. The second-order valence-electron chi connectivity index (χ2n) is 9.34. The largest absolute Gasteiger partial charge is 0.494 e. The Morgan fingerprint density at radius 2 is 1.97 bits per heavy atom. The predicted octanol–water partition coefficient (Wildman–Crippen LogP) is 5.25. The number of rotatable bonds is 7. The van der Waals surface area contributed by atoms with E-state index in [1.54, 1.807) is 48.2 Å². The van der Waals surface area contributed by atoms with Crippen LogP contribution < -0.4 is 15.2 Å². The van der Waals surface area contributed by atoms with Crippen LogP contribution in [0.25, 0.3) is 33.1 Å². The monoisotopic (exact) mass is 512 g/mol. The normalized spacial score (nSPS) is 13.2. The van der Waals surface area contributed by atoms with Gasteiger partial charge in [0.05, 0.1) is 17.7 Å². The van der Waals surface area contributed by atoms with Crippen LogP contribution in [0, 0.1) is 12.7 Å². The zero-order valence-electron chi connectivity index (χ0n) is 21.0. The van der Waals surface area contributed by atoms with Gasteiger partial charge in [0.15, 0.2) is 11.5 Å². The Kier molecular flexibility index (Phi) is 5.90. The maximum absolute atomic E-state index is 14.1. The van der Waals surface area contributed by atoms with Crippen molar-refractivity contribution in [2.45, 2.75) is 39.3 Å². The topological polar surface area (TPSA) is 90.5 Å². The van der Waals surface area contributed by atoms with E-state index in [1.165, 1.54) is 12.1 Å². The van der Waals surface area contributed by atoms with E-state index in [0.717, 1.165) is 17.5 Å². The molecule has 38 heavy (non-hydrogen) atoms. The molecule has 1 fully saturated rings. The summed E-state index contributed by atoms with van der Waals surface area (Å²) in [7, 11) is 0. The molecular weight excluding hydrogens is 487 g/mol. The minimum absolute atomic E-state index is 0.0346. The Bertz CT molecular complexity index is 1760. The number of aryl methyl sites for hydroxylation is 1. The Hall–Kier alpha value is -4.53. The molecule has 0 N–H and O–H groups in total. The van der Waals surface area contributed by atoms with Gasteiger partial charge in [0.2, 0.25) is 5.91 Å². The molecule has 192 valence electrons. The highest BCUT2D eigenvalue weighted by Gasteiger charge is 2.34. The van der Waals surface area contributed by atoms with Crippen molar-refractivity contribution in [2.24, 2.45) is 0 Å². The molecule has 0 bridgehead atoms. The van der Waals surface area contributed by atoms with Gasteiger partial charge in [-0.05, 0) is 62.2 Å². The number of fused-ring (bicyclic) bond motifs is 2. The predicted molar refractivity (Wildman–Crippen MR) is 142 cm³/mol. The zero-order valence-corrected chi connectivity index (χ0v) is 21.0. The number of nitrogens with zero attached hydrogens (tertiary/aromatic N) is 4. The summed E-state index contributed by atoms with van der Waals surface area (Å²) in [6, 6.07) is 16.7. The average Bonchev–Trinajstić information content (AvgIpc) is 3.65. The lowest BCUT2D eigenvalue weighted by atomic mass is 10.0. The Morgan fingerprint density at radius 1 is 1.13 bits per heavy atom. The zero-order chi connectivity index (χ0) is 26.4. The van der Waals surface area contributed by atoms with Crippen LogP contribution in [0.2, 0.25) is 0 Å². The van der Waals surface area contributed by atoms with Crippen molar-refractivity contribution in [3.05, 3.63) is 82.7 Å². The van der Waals surface area contributed by atoms with Gasteiger partial charge >= 0.3 is 0 Å². The van der Waals surface area contributed by atoms with Gasteiger partial charge in [0, 0.05) is 35.7 Å². The number of carbonyl (C=O) groups excluding carboxylic acids is 1. The number of aromatic nitrogens is 3. The van der Waals surface area contributed by atoms with Crippen LogP contribution in [-0.2, 0) is 11.3 Å². The fourth-order valence-electron chi connectivity index (χ4n) is 4.75. The van der Waals surface area contributed by atoms with E-state index in [2.05, 4.69) is 10.1 Å². The van der Waals surface area contributed by atoms with E-state index in [0.29, 0.717) is 57.1 Å². The second kappa shape index (κ2) is 9.41. The summed E-state index contributed by atoms with van der Waals surface area (Å²) >= 11 is 0. The summed E-state index contributed by atoms with van der Waals surface area (Å²) in [5.41, 5.74) is 2.48. The van der Waals surface area contributed by atoms with Gasteiger partial charge in [0.25, 0.3) is 5.56 Å². The second-order valence-corrected chi connectivity index (χ2v) is 9.34. The van der Waals surface area contributed by atoms with E-state index in [1.807, 2.05) is 19.1 Å². The molecule has 3 aromatic carbocycles. The van der Waals surface area contributed by atoms with Crippen molar-refractivity contribution in [2.75, 3.05) is 11.5 Å². The highest BCUT2D eigenvalue weighted by Crippen LogP contribution is 2.34. The molecule has 0 aliphatic heterocycles. The van der Waals surface area contributed by atoms with Crippen LogP contribution >= 0.6 is 0 Å². The summed E-state index contributed by atoms with van der Waals surface area (Å²) in [6.45, 7) is 3.79. The first-order chi connectivity index (χ1) is 18.4. The number of amides is 1. The SMILES string of the molecule is CCOc1ccc2c(-c3cccc(F)c3)nn(CC(=O)N(c3ccc4nc(C)oc4c3)C3CC3)c(=O)c2c1. The first kappa shape index (κ1) is 23.8. The summed E-state index contributed by atoms with van der Waals surface area (Å²) in [5, 5.41) is 5.45. The summed E-state index contributed by atoms with van der Waals surface area (Å²) < 4.78 is 26.6. The lowest BCUT2D eigenvalue weighted by Crippen LogP contribution is -2.39. The lowest BCUT2D eigenvalue weighted by molar-refractivity contribution is -0.119. The molecule has 8 nitrogen and oxygen atoms in total. The number of hydrogen-bond donors (Lipinski definition) is 0. The standard InChI is InChI=1S/C29H25FN4O4/c1-3-37-22-10-11-23-24(15-22)29(36)33(32-28(23)18-5-4-6-19(30)13-18)16-27(35)34(20-7-8-20)21-9-12-25-26(14-21)38-17(2)31-25/h4-6,9-15,20H,3,7-8,16H2,1-2H3. The number of carbonyl (C=O) groups is 1. The summed E-state index contributed by atoms with van der Waals surface area (Å²) in [6.07, 6.45) is 1.73. The van der Waals surface area contributed by atoms with Crippen molar-refractivity contribution >= 4 is 33.5 Å². The first-order valence-electron chi connectivity index (χ1n) is 12.5. The van der Waals surface area contributed by atoms with Crippen molar-refractivity contribution < 1.29 is 18.3 Å². The van der Waals surface area contributed by atoms with Crippen LogP contribution in [0.3, 0.4) is 0 Å². The van der Waals surface area contributed by atoms with Crippen molar-refractivity contribution in [3.63, 3.8) is 0 Å². The number of hydrogen-bond acceptors (Lipinski definition) is 6. The molecule has 0 saturated heterocycles. The van der Waals surface area contributed by atoms with Crippen LogP contribution in [-0.4, -0.2) is 33.3 Å². The molecule has 1 amide bonds. The van der Waals surface area contributed by atoms with Gasteiger partial charge in [-0.1, -0.05) is 12.1 Å². The van der Waals surface area contributed by atoms with E-state index in [-0.39, 0.29) is 18.5 Å². The highest BCUT2D eigenvalue weighted by atomic mass is 19.1. The number of halogens is 1. The van der Waals surface area contributed by atoms with Gasteiger partial charge in [-0.15, -0.1) is 0 Å². The maximum Gasteiger partial charge on any atom is 0.275 e. The van der Waals surface area contributed by atoms with E-state index in [4.69, 9.17) is 9.15 Å². The Morgan fingerprint density at radius 3 is 2.74 bits per heavy atom. The van der Waals surface area contributed by atoms with Crippen molar-refractivity contribution in [3.8, 4) is 17.0 Å². The highest BCUT2D eigenvalue weighted by molar-refractivity contribution is 5.97. The van der Waals surface area contributed by atoms with E-state index >= 15 is 0 Å². The van der Waals surface area contributed by atoms with Gasteiger partial charge in [-0.3, -0.25) is 9.59 Å². The molecule has 0 atom stereocenters. The van der Waals surface area contributed by atoms with E-state index < -0.39 is 11.4 Å². The molecule has 0 unspecified atom stereocenters. The maximum atomic E-state index is 14.1. The van der Waals surface area contributed by atoms with Gasteiger partial charge in [-0.2, -0.15) is 5.10 Å². The van der Waals surface area contributed by atoms with Crippen LogP contribution in [0.1, 0.15) is 25.7 Å². The first-order valence-corrected chi connectivity index (χ1v) is 12.5. The summed E-state index contributed by atoms with van der Waals surface area (Å²) in [5.74, 6) is 0.379. The van der Waals surface area contributed by atoms with Gasteiger partial charge in [-0.25, -0.2) is 14.1 Å². The third-order valence-corrected chi connectivity index (χ3v) is 6.56. The smallest absolute Gasteiger partial charge is 0.275 e. The van der Waals surface area contributed by atoms with Gasteiger partial charge in [0.1, 0.15) is 23.6 Å². The molecule has 2 heterocycles. The molecule has 5 aromatic rings. The molecule has 1 aliphatic carbocycles. The van der Waals surface area contributed by atoms with Crippen LogP contribution in [0.5, 0.6) is 5.75 Å². The van der Waals surface area contributed by atoms with Crippen molar-refractivity contribution in [1.29, 1.82) is 0 Å². The Labute approximate surface area is 217 Å². The van der Waals surface area contributed by atoms with E-state index in [9.17, 15) is 14.0 Å². The third kappa shape index (κ3) is 4.40. The lowest BCUT2D eigenvalue weighted by Gasteiger charge is -2.23. The average molecular weight is 513 g/mol. The fourth-order valence-corrected chi connectivity index (χ4v) is 4.75. The molecule has 2 aromatic heterocycles. The fraction of sp³-hybridized carbons (Fsp3) is 0.241. The minimum Gasteiger partial charge on any atom is -0.494 e. The molecule has 0 spiro atoms. The molecule has 0 radical (unpaired) electrons. The van der Waals surface area contributed by atoms with Crippen LogP contribution in [0.15, 0.2) is 69.9 Å². The van der Waals surface area contributed by atoms with Crippen molar-refractivity contribution in [1.82, 2.24) is 14.8 Å². The third-order valence-electron chi connectivity index (χ3n) is 6.56. The number of anilines is 1.